The number of amides is 1. The van der Waals surface area contributed by atoms with E-state index in [1.54, 1.807) is 7.11 Å². The second kappa shape index (κ2) is 9.06. The average molecular weight is 438 g/mol. The third-order valence-electron chi connectivity index (χ3n) is 6.01. The molecule has 3 heterocycles. The third-order valence-corrected chi connectivity index (χ3v) is 6.01. The van der Waals surface area contributed by atoms with E-state index in [2.05, 4.69) is 27.2 Å². The van der Waals surface area contributed by atoms with E-state index in [9.17, 15) is 4.79 Å². The number of anilines is 1. The number of carbonyl (C=O) groups is 1. The van der Waals surface area contributed by atoms with Crippen LogP contribution >= 0.6 is 0 Å². The minimum Gasteiger partial charge on any atom is -0.495 e. The summed E-state index contributed by atoms with van der Waals surface area (Å²) in [5.74, 6) is 2.26. The minimum absolute atomic E-state index is 0.0909. The predicted molar refractivity (Wildman–Crippen MR) is 123 cm³/mol. The molecule has 8 heteroatoms. The molecule has 0 bridgehead atoms. The van der Waals surface area contributed by atoms with Gasteiger partial charge in [-0.1, -0.05) is 31.1 Å². The molecule has 3 aromatic rings. The summed E-state index contributed by atoms with van der Waals surface area (Å²) in [6.07, 6.45) is 0. The Balaban J connectivity index is 1.47. The fourth-order valence-corrected chi connectivity index (χ4v) is 4.23. The SMILES string of the molecule is COc1ccccc1N1CCN(C(=O)Cn2c(C)cc(C)c2-c2nc(C(C)C)no2)CC1. The van der Waals surface area contributed by atoms with Crippen molar-refractivity contribution in [2.45, 2.75) is 40.2 Å². The van der Waals surface area contributed by atoms with Crippen molar-refractivity contribution in [3.8, 4) is 17.3 Å². The summed E-state index contributed by atoms with van der Waals surface area (Å²) in [5, 5.41) is 4.09. The molecule has 0 unspecified atom stereocenters. The second-order valence-electron chi connectivity index (χ2n) is 8.56. The molecule has 1 aliphatic heterocycles. The minimum atomic E-state index is 0.0909. The van der Waals surface area contributed by atoms with E-state index in [0.717, 1.165) is 41.5 Å². The topological polar surface area (TPSA) is 76.6 Å². The van der Waals surface area contributed by atoms with Gasteiger partial charge in [0.25, 0.3) is 5.89 Å². The van der Waals surface area contributed by atoms with Crippen LogP contribution in [0.25, 0.3) is 11.6 Å². The van der Waals surface area contributed by atoms with E-state index in [1.807, 2.05) is 55.4 Å². The highest BCUT2D eigenvalue weighted by Crippen LogP contribution is 2.29. The van der Waals surface area contributed by atoms with Gasteiger partial charge in [0.05, 0.1) is 12.8 Å². The van der Waals surface area contributed by atoms with Crippen LogP contribution in [0.5, 0.6) is 5.75 Å². The highest BCUT2D eigenvalue weighted by Gasteiger charge is 2.26. The first kappa shape index (κ1) is 21.9. The maximum atomic E-state index is 13.2. The zero-order chi connectivity index (χ0) is 22.8. The van der Waals surface area contributed by atoms with E-state index in [-0.39, 0.29) is 18.4 Å². The molecule has 0 aliphatic carbocycles. The number of carbonyl (C=O) groups excluding carboxylic acids is 1. The number of nitrogens with zero attached hydrogens (tertiary/aromatic N) is 5. The van der Waals surface area contributed by atoms with Crippen LogP contribution in [0, 0.1) is 13.8 Å². The summed E-state index contributed by atoms with van der Waals surface area (Å²) < 4.78 is 13.0. The van der Waals surface area contributed by atoms with Crippen LogP contribution in [-0.2, 0) is 11.3 Å². The molecule has 4 rings (SSSR count). The number of methoxy groups -OCH3 is 1. The van der Waals surface area contributed by atoms with Gasteiger partial charge >= 0.3 is 0 Å². The van der Waals surface area contributed by atoms with Gasteiger partial charge < -0.3 is 23.6 Å². The fourth-order valence-electron chi connectivity index (χ4n) is 4.23. The van der Waals surface area contributed by atoms with Crippen molar-refractivity contribution in [3.05, 3.63) is 47.4 Å². The average Bonchev–Trinajstić information content (AvgIpc) is 3.38. The van der Waals surface area contributed by atoms with Crippen LogP contribution in [0.2, 0.25) is 0 Å². The first-order valence-corrected chi connectivity index (χ1v) is 11.1. The van der Waals surface area contributed by atoms with Gasteiger partial charge in [0.15, 0.2) is 5.82 Å². The van der Waals surface area contributed by atoms with E-state index in [4.69, 9.17) is 9.26 Å². The lowest BCUT2D eigenvalue weighted by atomic mass is 10.2. The molecular formula is C24H31N5O3. The molecule has 0 saturated carbocycles. The quantitative estimate of drug-likeness (QED) is 0.586. The molecule has 1 fully saturated rings. The number of aromatic nitrogens is 3. The van der Waals surface area contributed by atoms with Crippen molar-refractivity contribution in [3.63, 3.8) is 0 Å². The standard InChI is InChI=1S/C24H31N5O3/c1-16(2)23-25-24(32-26-23)22-17(3)14-18(4)29(22)15-21(30)28-12-10-27(11-13-28)19-8-6-7-9-20(19)31-5/h6-9,14,16H,10-13,15H2,1-5H3. The first-order valence-electron chi connectivity index (χ1n) is 11.1. The summed E-state index contributed by atoms with van der Waals surface area (Å²) in [7, 11) is 1.69. The third kappa shape index (κ3) is 4.22. The van der Waals surface area contributed by atoms with Gasteiger partial charge in [0.1, 0.15) is 18.0 Å². The molecule has 0 N–H and O–H groups in total. The molecule has 8 nitrogen and oxygen atoms in total. The molecule has 0 spiro atoms. The van der Waals surface area contributed by atoms with Crippen LogP contribution in [0.15, 0.2) is 34.9 Å². The zero-order valence-electron chi connectivity index (χ0n) is 19.5. The number of hydrogen-bond donors (Lipinski definition) is 0. The van der Waals surface area contributed by atoms with Gasteiger partial charge in [-0.3, -0.25) is 4.79 Å². The van der Waals surface area contributed by atoms with Crippen LogP contribution in [0.3, 0.4) is 0 Å². The molecule has 32 heavy (non-hydrogen) atoms. The van der Waals surface area contributed by atoms with Gasteiger partial charge in [-0.15, -0.1) is 0 Å². The summed E-state index contributed by atoms with van der Waals surface area (Å²) in [5.41, 5.74) is 3.92. The fraction of sp³-hybridized carbons (Fsp3) is 0.458. The van der Waals surface area contributed by atoms with Gasteiger partial charge in [-0.25, -0.2) is 0 Å². The maximum Gasteiger partial charge on any atom is 0.274 e. The van der Waals surface area contributed by atoms with Gasteiger partial charge in [-0.05, 0) is 37.6 Å². The van der Waals surface area contributed by atoms with Crippen molar-refractivity contribution >= 4 is 11.6 Å². The zero-order valence-corrected chi connectivity index (χ0v) is 19.5. The number of aryl methyl sites for hydroxylation is 2. The van der Waals surface area contributed by atoms with Crippen molar-refractivity contribution in [2.75, 3.05) is 38.2 Å². The molecule has 1 amide bonds. The Bertz CT molecular complexity index is 1090. The van der Waals surface area contributed by atoms with Crippen LogP contribution in [-0.4, -0.2) is 58.8 Å². The second-order valence-corrected chi connectivity index (χ2v) is 8.56. The molecule has 0 radical (unpaired) electrons. The lowest BCUT2D eigenvalue weighted by Crippen LogP contribution is -2.49. The first-order chi connectivity index (χ1) is 15.4. The molecule has 1 saturated heterocycles. The number of ether oxygens (including phenoxy) is 1. The van der Waals surface area contributed by atoms with E-state index in [1.165, 1.54) is 0 Å². The van der Waals surface area contributed by atoms with Crippen molar-refractivity contribution in [1.82, 2.24) is 19.6 Å². The van der Waals surface area contributed by atoms with E-state index in [0.29, 0.717) is 24.8 Å². The van der Waals surface area contributed by atoms with Crippen molar-refractivity contribution < 1.29 is 14.1 Å². The Labute approximate surface area is 188 Å². The molecule has 0 atom stereocenters. The number of para-hydroxylation sites is 2. The maximum absolute atomic E-state index is 13.2. The number of benzene rings is 1. The Hall–Kier alpha value is -3.29. The molecule has 170 valence electrons. The van der Waals surface area contributed by atoms with Crippen LogP contribution < -0.4 is 9.64 Å². The van der Waals surface area contributed by atoms with E-state index < -0.39 is 0 Å². The molecule has 1 aliphatic rings. The molecular weight excluding hydrogens is 406 g/mol. The smallest absolute Gasteiger partial charge is 0.274 e. The highest BCUT2D eigenvalue weighted by molar-refractivity contribution is 5.77. The summed E-state index contributed by atoms with van der Waals surface area (Å²) in [6.45, 7) is 11.2. The summed E-state index contributed by atoms with van der Waals surface area (Å²) in [4.78, 5) is 21.9. The highest BCUT2D eigenvalue weighted by atomic mass is 16.5. The summed E-state index contributed by atoms with van der Waals surface area (Å²) >= 11 is 0. The normalized spacial score (nSPS) is 14.3. The Morgan fingerprint density at radius 2 is 1.88 bits per heavy atom. The number of hydrogen-bond acceptors (Lipinski definition) is 6. The van der Waals surface area contributed by atoms with Crippen LogP contribution in [0.1, 0.15) is 36.8 Å². The monoisotopic (exact) mass is 437 g/mol. The number of rotatable bonds is 6. The lowest BCUT2D eigenvalue weighted by Gasteiger charge is -2.36. The lowest BCUT2D eigenvalue weighted by molar-refractivity contribution is -0.132. The van der Waals surface area contributed by atoms with Gasteiger partial charge in [0.2, 0.25) is 5.91 Å². The predicted octanol–water partition coefficient (Wildman–Crippen LogP) is 3.64. The van der Waals surface area contributed by atoms with E-state index >= 15 is 0 Å². The molecule has 1 aromatic carbocycles. The summed E-state index contributed by atoms with van der Waals surface area (Å²) in [6, 6.07) is 10.1. The Kier molecular flexibility index (Phi) is 6.21. The van der Waals surface area contributed by atoms with Crippen LogP contribution in [0.4, 0.5) is 5.69 Å². The van der Waals surface area contributed by atoms with Gasteiger partial charge in [-0.2, -0.15) is 4.98 Å². The van der Waals surface area contributed by atoms with Crippen molar-refractivity contribution in [2.24, 2.45) is 0 Å². The Morgan fingerprint density at radius 3 is 2.53 bits per heavy atom. The van der Waals surface area contributed by atoms with Crippen molar-refractivity contribution in [1.29, 1.82) is 0 Å². The largest absolute Gasteiger partial charge is 0.495 e. The Morgan fingerprint density at radius 1 is 1.16 bits per heavy atom. The number of piperazine rings is 1. The molecule has 2 aromatic heterocycles. The van der Waals surface area contributed by atoms with Gasteiger partial charge in [0, 0.05) is 37.8 Å².